The van der Waals surface area contributed by atoms with E-state index in [4.69, 9.17) is 0 Å². The van der Waals surface area contributed by atoms with Crippen molar-refractivity contribution < 1.29 is 19.1 Å². The van der Waals surface area contributed by atoms with Gasteiger partial charge < -0.3 is 10.0 Å². The molecule has 5 nitrogen and oxygen atoms in total. The molecule has 0 aromatic carbocycles. The van der Waals surface area contributed by atoms with Crippen molar-refractivity contribution in [2.75, 3.05) is 13.1 Å². The summed E-state index contributed by atoms with van der Waals surface area (Å²) in [7, 11) is 0. The van der Waals surface area contributed by atoms with Crippen LogP contribution < -0.4 is 0 Å². The average Bonchev–Trinajstić information content (AvgIpc) is 2.46. The normalized spacial score (nSPS) is 17.8. The number of amides is 1. The summed E-state index contributed by atoms with van der Waals surface area (Å²) in [5.74, 6) is -1.77. The molecule has 1 N–H and O–H groups in total. The Morgan fingerprint density at radius 1 is 1.45 bits per heavy atom. The van der Waals surface area contributed by atoms with E-state index in [1.807, 2.05) is 6.92 Å². The summed E-state index contributed by atoms with van der Waals surface area (Å²) in [5, 5.41) is 9.31. The second kappa shape index (κ2) is 5.56. The van der Waals surface area contributed by atoms with Gasteiger partial charge in [-0.05, 0) is 25.3 Å². The Kier molecular flexibility index (Phi) is 4.01. The second-order valence-electron chi connectivity index (χ2n) is 5.10. The molecule has 0 aliphatic carbocycles. The van der Waals surface area contributed by atoms with Crippen molar-refractivity contribution in [3.63, 3.8) is 0 Å². The number of hydrogen-bond donors (Lipinski definition) is 1. The lowest BCUT2D eigenvalue weighted by Gasteiger charge is -2.38. The number of carboxylic acid groups (broad SMARTS) is 1. The molecule has 2 rings (SSSR count). The minimum absolute atomic E-state index is 0.247. The summed E-state index contributed by atoms with van der Waals surface area (Å²) in [4.78, 5) is 28.5. The lowest BCUT2D eigenvalue weighted by Crippen LogP contribution is -2.46. The van der Waals surface area contributed by atoms with Crippen molar-refractivity contribution in [1.29, 1.82) is 0 Å². The molecule has 1 amide bonds. The van der Waals surface area contributed by atoms with Crippen LogP contribution in [-0.2, 0) is 4.79 Å². The molecule has 1 aliphatic heterocycles. The zero-order chi connectivity index (χ0) is 14.8. The Bertz CT molecular complexity index is 525. The van der Waals surface area contributed by atoms with Crippen LogP contribution in [0.15, 0.2) is 18.3 Å². The van der Waals surface area contributed by atoms with Crippen LogP contribution in [0.25, 0.3) is 0 Å². The molecule has 0 saturated carbocycles. The van der Waals surface area contributed by atoms with Crippen molar-refractivity contribution in [3.8, 4) is 0 Å². The fraction of sp³-hybridized carbons (Fsp3) is 0.500. The number of carbonyl (C=O) groups excluding carboxylic acids is 1. The molecule has 1 fully saturated rings. The molecule has 1 aromatic heterocycles. The van der Waals surface area contributed by atoms with Crippen LogP contribution in [0.1, 0.15) is 36.5 Å². The number of nitrogens with zero attached hydrogens (tertiary/aromatic N) is 2. The maximum Gasteiger partial charge on any atom is 0.309 e. The quantitative estimate of drug-likeness (QED) is 0.859. The number of rotatable bonds is 3. The van der Waals surface area contributed by atoms with Crippen molar-refractivity contribution in [2.45, 2.75) is 26.2 Å². The van der Waals surface area contributed by atoms with Crippen molar-refractivity contribution in [3.05, 3.63) is 29.8 Å². The van der Waals surface area contributed by atoms with E-state index in [1.165, 1.54) is 12.3 Å². The van der Waals surface area contributed by atoms with Crippen LogP contribution in [0, 0.1) is 11.4 Å². The third kappa shape index (κ3) is 2.64. The van der Waals surface area contributed by atoms with Crippen LogP contribution in [0.2, 0.25) is 0 Å². The van der Waals surface area contributed by atoms with Crippen LogP contribution in [0.5, 0.6) is 0 Å². The van der Waals surface area contributed by atoms with E-state index in [1.54, 1.807) is 4.90 Å². The molecule has 1 aromatic rings. The fourth-order valence-electron chi connectivity index (χ4n) is 2.57. The van der Waals surface area contributed by atoms with Gasteiger partial charge >= 0.3 is 5.97 Å². The third-order valence-corrected chi connectivity index (χ3v) is 4.11. The predicted octanol–water partition coefficient (Wildman–Crippen LogP) is 1.94. The summed E-state index contributed by atoms with van der Waals surface area (Å²) < 4.78 is 13.0. The lowest BCUT2D eigenvalue weighted by atomic mass is 9.76. The molecule has 0 bridgehead atoms. The molecule has 0 atom stereocenters. The molecular weight excluding hydrogens is 263 g/mol. The molecule has 2 heterocycles. The first-order chi connectivity index (χ1) is 9.48. The molecule has 0 radical (unpaired) electrons. The van der Waals surface area contributed by atoms with Crippen LogP contribution in [-0.4, -0.2) is 40.0 Å². The average molecular weight is 280 g/mol. The fourth-order valence-corrected chi connectivity index (χ4v) is 2.57. The Hall–Kier alpha value is -1.98. The van der Waals surface area contributed by atoms with E-state index < -0.39 is 17.3 Å². The van der Waals surface area contributed by atoms with Gasteiger partial charge in [0.1, 0.15) is 0 Å². The number of likely N-dealkylation sites (tertiary alicyclic amines) is 1. The van der Waals surface area contributed by atoms with Crippen molar-refractivity contribution in [2.24, 2.45) is 5.41 Å². The number of carbonyl (C=O) groups is 2. The zero-order valence-electron chi connectivity index (χ0n) is 11.3. The Morgan fingerprint density at radius 2 is 2.10 bits per heavy atom. The highest BCUT2D eigenvalue weighted by atomic mass is 19.1. The zero-order valence-corrected chi connectivity index (χ0v) is 11.3. The van der Waals surface area contributed by atoms with Crippen LogP contribution in [0.4, 0.5) is 4.39 Å². The van der Waals surface area contributed by atoms with Crippen molar-refractivity contribution >= 4 is 11.9 Å². The van der Waals surface area contributed by atoms with Gasteiger partial charge in [0.25, 0.3) is 5.91 Å². The first-order valence-corrected chi connectivity index (χ1v) is 6.63. The summed E-state index contributed by atoms with van der Waals surface area (Å²) >= 11 is 0. The largest absolute Gasteiger partial charge is 0.481 e. The number of hydrogen-bond acceptors (Lipinski definition) is 3. The predicted molar refractivity (Wildman–Crippen MR) is 69.7 cm³/mol. The maximum atomic E-state index is 13.0. The smallest absolute Gasteiger partial charge is 0.309 e. The van der Waals surface area contributed by atoms with Crippen LogP contribution in [0.3, 0.4) is 0 Å². The van der Waals surface area contributed by atoms with Gasteiger partial charge in [-0.25, -0.2) is 4.98 Å². The summed E-state index contributed by atoms with van der Waals surface area (Å²) in [5.41, 5.74) is -0.489. The third-order valence-electron chi connectivity index (χ3n) is 4.11. The molecular formula is C14H17FN2O3. The maximum absolute atomic E-state index is 13.0. The van der Waals surface area contributed by atoms with E-state index in [0.29, 0.717) is 32.4 Å². The SMILES string of the molecule is CCC1(C(=O)O)CCN(C(=O)c2ccnc(F)c2)CC1. The van der Waals surface area contributed by atoms with Gasteiger partial charge in [-0.1, -0.05) is 6.92 Å². The van der Waals surface area contributed by atoms with E-state index in [9.17, 15) is 19.1 Å². The van der Waals surface area contributed by atoms with Gasteiger partial charge in [0.05, 0.1) is 5.41 Å². The van der Waals surface area contributed by atoms with Crippen LogP contribution >= 0.6 is 0 Å². The number of piperidine rings is 1. The van der Waals surface area contributed by atoms with Gasteiger partial charge in [0.2, 0.25) is 5.95 Å². The van der Waals surface area contributed by atoms with Gasteiger partial charge in [-0.3, -0.25) is 9.59 Å². The molecule has 0 spiro atoms. The second-order valence-corrected chi connectivity index (χ2v) is 5.10. The Labute approximate surface area is 116 Å². The number of aliphatic carboxylic acids is 1. The van der Waals surface area contributed by atoms with Crippen molar-refractivity contribution in [1.82, 2.24) is 9.88 Å². The Balaban J connectivity index is 2.07. The van der Waals surface area contributed by atoms with E-state index in [0.717, 1.165) is 6.07 Å². The minimum atomic E-state index is -0.804. The number of halogens is 1. The highest BCUT2D eigenvalue weighted by Crippen LogP contribution is 2.35. The van der Waals surface area contributed by atoms with E-state index in [-0.39, 0.29) is 11.5 Å². The van der Waals surface area contributed by atoms with E-state index >= 15 is 0 Å². The number of aromatic nitrogens is 1. The molecule has 1 aliphatic rings. The summed E-state index contributed by atoms with van der Waals surface area (Å²) in [6, 6.07) is 2.56. The lowest BCUT2D eigenvalue weighted by molar-refractivity contribution is -0.152. The molecule has 6 heteroatoms. The Morgan fingerprint density at radius 3 is 2.60 bits per heavy atom. The standard InChI is InChI=1S/C14H17FN2O3/c1-2-14(13(19)20)4-7-17(8-5-14)12(18)10-3-6-16-11(15)9-10/h3,6,9H,2,4-5,7-8H2,1H3,(H,19,20). The van der Waals surface area contributed by atoms with Gasteiger partial charge in [-0.15, -0.1) is 0 Å². The topological polar surface area (TPSA) is 70.5 Å². The monoisotopic (exact) mass is 280 g/mol. The highest BCUT2D eigenvalue weighted by molar-refractivity contribution is 5.94. The highest BCUT2D eigenvalue weighted by Gasteiger charge is 2.40. The van der Waals surface area contributed by atoms with E-state index in [2.05, 4.69) is 4.98 Å². The minimum Gasteiger partial charge on any atom is -0.481 e. The van der Waals surface area contributed by atoms with Gasteiger partial charge in [0, 0.05) is 30.9 Å². The molecule has 20 heavy (non-hydrogen) atoms. The number of pyridine rings is 1. The summed E-state index contributed by atoms with van der Waals surface area (Å²) in [6.07, 6.45) is 2.66. The molecule has 108 valence electrons. The summed E-state index contributed by atoms with van der Waals surface area (Å²) in [6.45, 7) is 2.61. The first-order valence-electron chi connectivity index (χ1n) is 6.63. The number of carboxylic acids is 1. The molecule has 1 saturated heterocycles. The molecule has 0 unspecified atom stereocenters. The van der Waals surface area contributed by atoms with Gasteiger partial charge in [-0.2, -0.15) is 4.39 Å². The van der Waals surface area contributed by atoms with Gasteiger partial charge in [0.15, 0.2) is 0 Å². The first kappa shape index (κ1) is 14.4.